The summed E-state index contributed by atoms with van der Waals surface area (Å²) in [5.41, 5.74) is 1.74. The Labute approximate surface area is 143 Å². The van der Waals surface area contributed by atoms with E-state index >= 15 is 0 Å². The molecule has 2 aromatic rings. The van der Waals surface area contributed by atoms with E-state index in [0.717, 1.165) is 0 Å². The van der Waals surface area contributed by atoms with Gasteiger partial charge >= 0.3 is 0 Å². The van der Waals surface area contributed by atoms with E-state index in [-0.39, 0.29) is 11.6 Å². The quantitative estimate of drug-likeness (QED) is 0.674. The molecule has 6 heteroatoms. The Bertz CT molecular complexity index is 788. The van der Waals surface area contributed by atoms with Gasteiger partial charge in [0.15, 0.2) is 5.78 Å². The molecule has 1 aliphatic rings. The van der Waals surface area contributed by atoms with Gasteiger partial charge in [-0.05, 0) is 55.6 Å². The van der Waals surface area contributed by atoms with Crippen molar-refractivity contribution in [1.82, 2.24) is 0 Å². The topological polar surface area (TPSA) is 38.7 Å². The summed E-state index contributed by atoms with van der Waals surface area (Å²) in [6, 6.07) is 7.61. The second kappa shape index (κ2) is 5.93. The molecule has 1 atom stereocenters. The van der Waals surface area contributed by atoms with Crippen LogP contribution in [0.4, 0.5) is 10.1 Å². The average molecular weight is 427 g/mol. The fraction of sp³-hybridized carbons (Fsp3) is 0.125. The first-order valence-electron chi connectivity index (χ1n) is 6.42. The van der Waals surface area contributed by atoms with Crippen LogP contribution < -0.4 is 4.74 Å². The van der Waals surface area contributed by atoms with Crippen molar-refractivity contribution < 1.29 is 13.9 Å². The summed E-state index contributed by atoms with van der Waals surface area (Å²) >= 11 is 6.81. The minimum Gasteiger partial charge on any atom is -0.494 e. The molecule has 0 amide bonds. The monoisotopic (exact) mass is 425 g/mol. The molecule has 0 spiro atoms. The zero-order valence-corrected chi connectivity index (χ0v) is 14.6. The maximum absolute atomic E-state index is 13.0. The van der Waals surface area contributed by atoms with E-state index in [1.165, 1.54) is 19.2 Å². The van der Waals surface area contributed by atoms with Crippen LogP contribution in [0.1, 0.15) is 21.8 Å². The molecule has 0 bridgehead atoms. The smallest absolute Gasteiger partial charge is 0.179 e. The number of fused-ring (bicyclic) bond motifs is 1. The normalized spacial score (nSPS) is 16.5. The molecule has 0 saturated heterocycles. The first-order chi connectivity index (χ1) is 10.5. The highest BCUT2D eigenvalue weighted by molar-refractivity contribution is 9.11. The number of methoxy groups -OCH3 is 1. The van der Waals surface area contributed by atoms with E-state index in [1.54, 1.807) is 24.4 Å². The van der Waals surface area contributed by atoms with Gasteiger partial charge in [0.2, 0.25) is 0 Å². The Kier molecular flexibility index (Phi) is 4.14. The predicted octanol–water partition coefficient (Wildman–Crippen LogP) is 5.04. The van der Waals surface area contributed by atoms with Crippen molar-refractivity contribution in [3.63, 3.8) is 0 Å². The molecule has 0 N–H and O–H groups in total. The number of rotatable bonds is 2. The third-order valence-corrected chi connectivity index (χ3v) is 4.83. The van der Waals surface area contributed by atoms with Crippen LogP contribution >= 0.6 is 31.9 Å². The Morgan fingerprint density at radius 3 is 2.55 bits per heavy atom. The van der Waals surface area contributed by atoms with Gasteiger partial charge < -0.3 is 4.74 Å². The van der Waals surface area contributed by atoms with Crippen LogP contribution in [-0.2, 0) is 0 Å². The summed E-state index contributed by atoms with van der Waals surface area (Å²) < 4.78 is 19.6. The van der Waals surface area contributed by atoms with E-state index in [2.05, 4.69) is 36.9 Å². The highest BCUT2D eigenvalue weighted by atomic mass is 79.9. The Balaban J connectivity index is 2.11. The molecule has 22 heavy (non-hydrogen) atoms. The lowest BCUT2D eigenvalue weighted by atomic mass is 9.89. The summed E-state index contributed by atoms with van der Waals surface area (Å²) in [6.07, 6.45) is 1.59. The van der Waals surface area contributed by atoms with Crippen molar-refractivity contribution in [3.05, 3.63) is 56.2 Å². The van der Waals surface area contributed by atoms with Gasteiger partial charge in [-0.25, -0.2) is 4.39 Å². The van der Waals surface area contributed by atoms with Gasteiger partial charge in [-0.15, -0.1) is 0 Å². The molecule has 3 nitrogen and oxygen atoms in total. The molecule has 112 valence electrons. The number of hydrogen-bond donors (Lipinski definition) is 0. The van der Waals surface area contributed by atoms with Crippen molar-refractivity contribution in [2.75, 3.05) is 7.11 Å². The molecule has 0 aliphatic carbocycles. The van der Waals surface area contributed by atoms with E-state index in [9.17, 15) is 9.18 Å². The molecule has 0 fully saturated rings. The molecule has 1 unspecified atom stereocenters. The lowest BCUT2D eigenvalue weighted by Gasteiger charge is -2.20. The minimum atomic E-state index is -0.532. The van der Waals surface area contributed by atoms with Gasteiger partial charge in [0.1, 0.15) is 11.6 Å². The van der Waals surface area contributed by atoms with Crippen molar-refractivity contribution in [3.8, 4) is 5.75 Å². The maximum Gasteiger partial charge on any atom is 0.179 e. The molecular weight excluding hydrogens is 417 g/mol. The highest BCUT2D eigenvalue weighted by Crippen LogP contribution is 2.44. The minimum absolute atomic E-state index is 0.103. The fourth-order valence-electron chi connectivity index (χ4n) is 2.40. The van der Waals surface area contributed by atoms with E-state index in [0.29, 0.717) is 31.5 Å². The number of nitrogens with zero attached hydrogens (tertiary/aromatic N) is 1. The number of carbonyl (C=O) groups excluding carboxylic acids is 1. The average Bonchev–Trinajstić information content (AvgIpc) is 2.49. The predicted molar refractivity (Wildman–Crippen MR) is 90.0 cm³/mol. The number of Topliss-reactive ketones (excluding diaryl/α,β-unsaturated/α-hetero) is 1. The summed E-state index contributed by atoms with van der Waals surface area (Å²) in [5, 5.41) is 0. The zero-order chi connectivity index (χ0) is 15.9. The van der Waals surface area contributed by atoms with Gasteiger partial charge in [-0.1, -0.05) is 12.1 Å². The molecule has 0 saturated carbocycles. The first-order valence-corrected chi connectivity index (χ1v) is 8.01. The van der Waals surface area contributed by atoms with Crippen LogP contribution in [0.25, 0.3) is 0 Å². The highest BCUT2D eigenvalue weighted by Gasteiger charge is 2.30. The Morgan fingerprint density at radius 2 is 1.91 bits per heavy atom. The largest absolute Gasteiger partial charge is 0.494 e. The fourth-order valence-corrected chi connectivity index (χ4v) is 4.01. The van der Waals surface area contributed by atoms with Gasteiger partial charge in [0, 0.05) is 6.21 Å². The van der Waals surface area contributed by atoms with Crippen LogP contribution in [0.5, 0.6) is 5.75 Å². The number of hydrogen-bond acceptors (Lipinski definition) is 3. The van der Waals surface area contributed by atoms with E-state index in [4.69, 9.17) is 4.74 Å². The second-order valence-electron chi connectivity index (χ2n) is 4.77. The molecule has 0 radical (unpaired) electrons. The van der Waals surface area contributed by atoms with E-state index < -0.39 is 5.92 Å². The van der Waals surface area contributed by atoms with Gasteiger partial charge in [0.05, 0.1) is 33.2 Å². The molecule has 0 aromatic heterocycles. The number of ether oxygens (including phenoxy) is 1. The summed E-state index contributed by atoms with van der Waals surface area (Å²) in [4.78, 5) is 17.2. The molecule has 2 aromatic carbocycles. The van der Waals surface area contributed by atoms with Crippen molar-refractivity contribution in [1.29, 1.82) is 0 Å². The van der Waals surface area contributed by atoms with Crippen molar-refractivity contribution >= 4 is 49.5 Å². The Morgan fingerprint density at radius 1 is 1.23 bits per heavy atom. The number of aliphatic imine (C=N–C) groups is 1. The summed E-state index contributed by atoms with van der Waals surface area (Å²) in [5.74, 6) is -0.428. The van der Waals surface area contributed by atoms with Gasteiger partial charge in [0.25, 0.3) is 0 Å². The maximum atomic E-state index is 13.0. The van der Waals surface area contributed by atoms with Crippen LogP contribution in [0.15, 0.2) is 44.3 Å². The standard InChI is InChI=1S/C16H10Br2FNO2/c1-22-16-11(17)6-12-13(14(16)18)15(21)10(7-20-12)8-2-4-9(19)5-3-8/h2-7,10H,1H3. The Hall–Kier alpha value is -1.53. The second-order valence-corrected chi connectivity index (χ2v) is 6.42. The third-order valence-electron chi connectivity index (χ3n) is 3.48. The van der Waals surface area contributed by atoms with Crippen LogP contribution in [-0.4, -0.2) is 19.1 Å². The number of carbonyl (C=O) groups is 1. The number of ketones is 1. The first kappa shape index (κ1) is 15.4. The number of halogens is 3. The van der Waals surface area contributed by atoms with Crippen LogP contribution in [0.3, 0.4) is 0 Å². The van der Waals surface area contributed by atoms with Gasteiger partial charge in [-0.3, -0.25) is 9.79 Å². The van der Waals surface area contributed by atoms with Crippen molar-refractivity contribution in [2.45, 2.75) is 5.92 Å². The molecule has 3 rings (SSSR count). The van der Waals surface area contributed by atoms with Crippen LogP contribution in [0.2, 0.25) is 0 Å². The van der Waals surface area contributed by atoms with Gasteiger partial charge in [-0.2, -0.15) is 0 Å². The van der Waals surface area contributed by atoms with E-state index in [1.807, 2.05) is 0 Å². The molecule has 1 heterocycles. The number of benzene rings is 2. The summed E-state index contributed by atoms with van der Waals surface area (Å²) in [6.45, 7) is 0. The summed E-state index contributed by atoms with van der Waals surface area (Å²) in [7, 11) is 1.53. The third kappa shape index (κ3) is 2.50. The lowest BCUT2D eigenvalue weighted by molar-refractivity contribution is 0.0982. The SMILES string of the molecule is COc1c(Br)cc2c(c1Br)C(=O)C(c1ccc(F)cc1)C=N2. The zero-order valence-electron chi connectivity index (χ0n) is 11.4. The molecular formula is C16H10Br2FNO2. The molecule has 1 aliphatic heterocycles. The van der Waals surface area contributed by atoms with Crippen molar-refractivity contribution in [2.24, 2.45) is 4.99 Å². The van der Waals surface area contributed by atoms with Crippen LogP contribution in [0, 0.1) is 5.82 Å². The lowest BCUT2D eigenvalue weighted by Crippen LogP contribution is -2.18.